The molecule has 0 aliphatic rings. The Balaban J connectivity index is 2.35. The van der Waals surface area contributed by atoms with E-state index in [1.165, 1.54) is 0 Å². The van der Waals surface area contributed by atoms with Gasteiger partial charge in [-0.2, -0.15) is 0 Å². The Morgan fingerprint density at radius 3 is 2.64 bits per heavy atom. The van der Waals surface area contributed by atoms with Gasteiger partial charge in [0.25, 0.3) is 0 Å². The summed E-state index contributed by atoms with van der Waals surface area (Å²) in [6.07, 6.45) is 2.03. The molecule has 0 unspecified atom stereocenters. The first kappa shape index (κ1) is 10.2. The van der Waals surface area contributed by atoms with Crippen LogP contribution in [0.25, 0.3) is 11.0 Å². The molecule has 0 amide bonds. The second-order valence-corrected chi connectivity index (χ2v) is 5.60. The monoisotopic (exact) mass is 248 g/mol. The third-order valence-electron chi connectivity index (χ3n) is 1.93. The molecular weight excluding hydrogens is 242 g/mol. The van der Waals surface area contributed by atoms with E-state index in [0.29, 0.717) is 6.42 Å². The number of rotatable bonds is 1. The first-order valence-electron chi connectivity index (χ1n) is 4.07. The minimum absolute atomic E-state index is 0.383. The van der Waals surface area contributed by atoms with E-state index in [1.807, 2.05) is 24.3 Å². The maximum atomic E-state index is 5.69. The first-order chi connectivity index (χ1) is 6.54. The lowest BCUT2D eigenvalue weighted by atomic mass is 10.1. The largest absolute Gasteiger partial charge is 0.464 e. The SMILES string of the molecule is ClC(Cl)(Cl)Cc1ccc2ccoc2c1. The lowest BCUT2D eigenvalue weighted by Gasteiger charge is -2.09. The summed E-state index contributed by atoms with van der Waals surface area (Å²) in [6, 6.07) is 7.66. The van der Waals surface area contributed by atoms with Crippen LogP contribution in [-0.2, 0) is 6.42 Å². The highest BCUT2D eigenvalue weighted by atomic mass is 35.6. The zero-order valence-corrected chi connectivity index (χ0v) is 9.40. The van der Waals surface area contributed by atoms with Crippen molar-refractivity contribution in [2.75, 3.05) is 0 Å². The Hall–Kier alpha value is -0.370. The van der Waals surface area contributed by atoms with Crippen LogP contribution < -0.4 is 0 Å². The van der Waals surface area contributed by atoms with Gasteiger partial charge in [0.1, 0.15) is 5.58 Å². The lowest BCUT2D eigenvalue weighted by molar-refractivity contribution is 0.615. The molecule has 2 aromatic rings. The Bertz CT molecular complexity index is 442. The summed E-state index contributed by atoms with van der Waals surface area (Å²) in [7, 11) is 0. The summed E-state index contributed by atoms with van der Waals surface area (Å²) in [5, 5.41) is 1.05. The van der Waals surface area contributed by atoms with Gasteiger partial charge in [0.05, 0.1) is 6.26 Å². The van der Waals surface area contributed by atoms with E-state index in [9.17, 15) is 0 Å². The number of hydrogen-bond donors (Lipinski definition) is 0. The topological polar surface area (TPSA) is 13.1 Å². The molecule has 1 nitrogen and oxygen atoms in total. The zero-order chi connectivity index (χ0) is 10.2. The molecule has 74 valence electrons. The van der Waals surface area contributed by atoms with E-state index in [1.54, 1.807) is 6.26 Å². The molecule has 2 rings (SSSR count). The van der Waals surface area contributed by atoms with Crippen molar-refractivity contribution in [1.82, 2.24) is 0 Å². The summed E-state index contributed by atoms with van der Waals surface area (Å²) in [4.78, 5) is 0. The summed E-state index contributed by atoms with van der Waals surface area (Å²) in [5.41, 5.74) is 1.77. The number of fused-ring (bicyclic) bond motifs is 1. The van der Waals surface area contributed by atoms with Gasteiger partial charge < -0.3 is 4.42 Å². The molecule has 1 aromatic carbocycles. The molecule has 0 saturated heterocycles. The van der Waals surface area contributed by atoms with E-state index in [0.717, 1.165) is 16.5 Å². The summed E-state index contributed by atoms with van der Waals surface area (Å²) in [5.74, 6) is 0. The van der Waals surface area contributed by atoms with Gasteiger partial charge in [-0.05, 0) is 17.7 Å². The van der Waals surface area contributed by atoms with Crippen LogP contribution in [0.5, 0.6) is 0 Å². The highest BCUT2D eigenvalue weighted by Crippen LogP contribution is 2.31. The van der Waals surface area contributed by atoms with Crippen LogP contribution in [0.2, 0.25) is 0 Å². The third kappa shape index (κ3) is 2.35. The fraction of sp³-hybridized carbons (Fsp3) is 0.200. The van der Waals surface area contributed by atoms with Crippen LogP contribution in [0.4, 0.5) is 0 Å². The maximum absolute atomic E-state index is 5.69. The van der Waals surface area contributed by atoms with Gasteiger partial charge >= 0.3 is 0 Å². The molecule has 0 atom stereocenters. The van der Waals surface area contributed by atoms with Gasteiger partial charge in [0.15, 0.2) is 3.79 Å². The van der Waals surface area contributed by atoms with E-state index >= 15 is 0 Å². The quantitative estimate of drug-likeness (QED) is 0.685. The maximum Gasteiger partial charge on any atom is 0.194 e. The van der Waals surface area contributed by atoms with Gasteiger partial charge in [0, 0.05) is 11.8 Å². The average Bonchev–Trinajstić information content (AvgIpc) is 2.47. The van der Waals surface area contributed by atoms with E-state index < -0.39 is 3.79 Å². The Morgan fingerprint density at radius 2 is 1.93 bits per heavy atom. The molecule has 0 N–H and O–H groups in total. The van der Waals surface area contributed by atoms with Gasteiger partial charge in [-0.1, -0.05) is 46.9 Å². The van der Waals surface area contributed by atoms with E-state index in [4.69, 9.17) is 39.2 Å². The number of alkyl halides is 3. The minimum Gasteiger partial charge on any atom is -0.464 e. The Kier molecular flexibility index (Phi) is 2.65. The molecule has 0 bridgehead atoms. The zero-order valence-electron chi connectivity index (χ0n) is 7.14. The van der Waals surface area contributed by atoms with Crippen molar-refractivity contribution in [3.8, 4) is 0 Å². The van der Waals surface area contributed by atoms with Crippen molar-refractivity contribution in [3.05, 3.63) is 36.1 Å². The molecule has 1 aromatic heterocycles. The predicted molar refractivity (Wildman–Crippen MR) is 60.2 cm³/mol. The average molecular weight is 250 g/mol. The van der Waals surface area contributed by atoms with Crippen LogP contribution in [0.3, 0.4) is 0 Å². The third-order valence-corrected chi connectivity index (χ3v) is 2.33. The molecular formula is C10H7Cl3O. The van der Waals surface area contributed by atoms with Crippen LogP contribution >= 0.6 is 34.8 Å². The van der Waals surface area contributed by atoms with Gasteiger partial charge in [-0.25, -0.2) is 0 Å². The summed E-state index contributed by atoms with van der Waals surface area (Å²) >= 11 is 17.1. The lowest BCUT2D eigenvalue weighted by Crippen LogP contribution is -2.06. The van der Waals surface area contributed by atoms with Crippen LogP contribution in [0.1, 0.15) is 5.56 Å². The van der Waals surface area contributed by atoms with Crippen molar-refractivity contribution in [2.45, 2.75) is 10.2 Å². The molecule has 4 heteroatoms. The highest BCUT2D eigenvalue weighted by molar-refractivity contribution is 6.67. The standard InChI is InChI=1S/C10H7Cl3O/c11-10(12,13)6-7-1-2-8-3-4-14-9(8)5-7/h1-5H,6H2. The van der Waals surface area contributed by atoms with Crippen molar-refractivity contribution < 1.29 is 4.42 Å². The molecule has 0 saturated carbocycles. The molecule has 14 heavy (non-hydrogen) atoms. The number of hydrogen-bond acceptors (Lipinski definition) is 1. The van der Waals surface area contributed by atoms with Crippen molar-refractivity contribution in [3.63, 3.8) is 0 Å². The molecule has 0 fully saturated rings. The van der Waals surface area contributed by atoms with Crippen LogP contribution in [-0.4, -0.2) is 3.79 Å². The number of furan rings is 1. The fourth-order valence-corrected chi connectivity index (χ4v) is 1.80. The summed E-state index contributed by atoms with van der Waals surface area (Å²) < 4.78 is 3.99. The number of benzene rings is 1. The molecule has 0 aliphatic heterocycles. The molecule has 1 heterocycles. The van der Waals surface area contributed by atoms with Crippen LogP contribution in [0, 0.1) is 0 Å². The van der Waals surface area contributed by atoms with Crippen molar-refractivity contribution >= 4 is 45.8 Å². The number of halogens is 3. The molecule has 0 spiro atoms. The van der Waals surface area contributed by atoms with Gasteiger partial charge in [-0.15, -0.1) is 0 Å². The molecule has 0 radical (unpaired) electrons. The van der Waals surface area contributed by atoms with Crippen molar-refractivity contribution in [1.29, 1.82) is 0 Å². The molecule has 0 aliphatic carbocycles. The first-order valence-corrected chi connectivity index (χ1v) is 5.21. The van der Waals surface area contributed by atoms with Crippen molar-refractivity contribution in [2.24, 2.45) is 0 Å². The second-order valence-electron chi connectivity index (χ2n) is 3.08. The van der Waals surface area contributed by atoms with Crippen LogP contribution in [0.15, 0.2) is 34.9 Å². The van der Waals surface area contributed by atoms with E-state index in [2.05, 4.69) is 0 Å². The minimum atomic E-state index is -1.25. The highest BCUT2D eigenvalue weighted by Gasteiger charge is 2.20. The van der Waals surface area contributed by atoms with Gasteiger partial charge in [0.2, 0.25) is 0 Å². The summed E-state index contributed by atoms with van der Waals surface area (Å²) in [6.45, 7) is 0. The van der Waals surface area contributed by atoms with Gasteiger partial charge in [-0.3, -0.25) is 0 Å². The fourth-order valence-electron chi connectivity index (χ4n) is 1.34. The Morgan fingerprint density at radius 1 is 1.14 bits per heavy atom. The predicted octanol–water partition coefficient (Wildman–Crippen LogP) is 4.35. The smallest absolute Gasteiger partial charge is 0.194 e. The van der Waals surface area contributed by atoms with E-state index in [-0.39, 0.29) is 0 Å². The Labute approximate surface area is 96.5 Å². The second kappa shape index (κ2) is 3.65. The normalized spacial score (nSPS) is 12.2.